The van der Waals surface area contributed by atoms with Crippen molar-refractivity contribution in [1.29, 1.82) is 0 Å². The molecular weight excluding hydrogens is 554 g/mol. The van der Waals surface area contributed by atoms with Crippen molar-refractivity contribution in [2.45, 2.75) is 70.1 Å². The van der Waals surface area contributed by atoms with Gasteiger partial charge >= 0.3 is 6.03 Å². The molecule has 0 spiro atoms. The van der Waals surface area contributed by atoms with Gasteiger partial charge in [0.15, 0.2) is 11.5 Å². The second kappa shape index (κ2) is 11.9. The van der Waals surface area contributed by atoms with Gasteiger partial charge in [-0.25, -0.2) is 4.79 Å². The van der Waals surface area contributed by atoms with Crippen LogP contribution in [-0.2, 0) is 5.41 Å². The normalized spacial score (nSPS) is 20.2. The van der Waals surface area contributed by atoms with E-state index < -0.39 is 0 Å². The average Bonchev–Trinajstić information content (AvgIpc) is 3.62. The zero-order valence-corrected chi connectivity index (χ0v) is 26.1. The van der Waals surface area contributed by atoms with Crippen LogP contribution in [0.5, 0.6) is 5.75 Å². The minimum absolute atomic E-state index is 0.155. The summed E-state index contributed by atoms with van der Waals surface area (Å²) in [5, 5.41) is 17.7. The Bertz CT molecular complexity index is 1690. The molecule has 10 nitrogen and oxygen atoms in total. The molecule has 0 saturated carbocycles. The molecule has 3 heterocycles. The van der Waals surface area contributed by atoms with Crippen LogP contribution in [0.2, 0.25) is 0 Å². The number of nitrogens with one attached hydrogen (secondary N) is 3. The highest BCUT2D eigenvalue weighted by Gasteiger charge is 2.31. The third kappa shape index (κ3) is 5.99. The van der Waals surface area contributed by atoms with Crippen LogP contribution < -0.4 is 20.7 Å². The molecule has 2 aromatic heterocycles. The molecule has 0 unspecified atom stereocenters. The summed E-state index contributed by atoms with van der Waals surface area (Å²) in [7, 11) is 3.73. The fraction of sp³-hybridized carbons (Fsp3) is 0.412. The second-order valence-corrected chi connectivity index (χ2v) is 12.9. The van der Waals surface area contributed by atoms with Crippen LogP contribution in [0.1, 0.15) is 97.5 Å². The average molecular weight is 596 g/mol. The Balaban J connectivity index is 1.19. The molecule has 1 aliphatic carbocycles. The van der Waals surface area contributed by atoms with E-state index in [9.17, 15) is 9.59 Å². The first kappa shape index (κ1) is 29.6. The summed E-state index contributed by atoms with van der Waals surface area (Å²) in [5.41, 5.74) is 4.75. The van der Waals surface area contributed by atoms with Crippen LogP contribution in [0.3, 0.4) is 0 Å². The number of amides is 3. The number of ether oxygens (including phenoxy) is 1. The highest BCUT2D eigenvalue weighted by atomic mass is 16.5. The Morgan fingerprint density at radius 2 is 1.77 bits per heavy atom. The molecule has 44 heavy (non-hydrogen) atoms. The van der Waals surface area contributed by atoms with Crippen LogP contribution in [0.25, 0.3) is 5.65 Å². The molecule has 6 rings (SSSR count). The lowest BCUT2D eigenvalue weighted by Gasteiger charge is -2.32. The number of benzene rings is 2. The Hall–Kier alpha value is -4.44. The molecule has 4 aromatic rings. The number of carbonyl (C=O) groups excluding carboxylic acids is 2. The van der Waals surface area contributed by atoms with Crippen molar-refractivity contribution in [3.05, 3.63) is 88.9 Å². The van der Waals surface area contributed by atoms with E-state index in [0.717, 1.165) is 59.7 Å². The number of urea groups is 1. The first-order valence-electron chi connectivity index (χ1n) is 15.4. The van der Waals surface area contributed by atoms with Gasteiger partial charge in [-0.15, -0.1) is 10.2 Å². The SMILES string of the molecule is CNC(=O)c1cc(NC(=O)N[C@H]2CC[C@@H](Oc3ccc4nnc([C@@H]5CCCN5C)n4c3)c3ccccc32)cc(C(C)(C)C)c1. The summed E-state index contributed by atoms with van der Waals surface area (Å²) in [6.45, 7) is 7.29. The van der Waals surface area contributed by atoms with E-state index in [2.05, 4.69) is 75.4 Å². The lowest BCUT2D eigenvalue weighted by Crippen LogP contribution is -2.35. The maximum absolute atomic E-state index is 13.3. The van der Waals surface area contributed by atoms with Gasteiger partial charge in [-0.2, -0.15) is 0 Å². The van der Waals surface area contributed by atoms with Gasteiger partial charge in [0, 0.05) is 18.3 Å². The quantitative estimate of drug-likeness (QED) is 0.255. The number of fused-ring (bicyclic) bond motifs is 2. The van der Waals surface area contributed by atoms with Crippen LogP contribution in [0.4, 0.5) is 10.5 Å². The number of pyridine rings is 1. The van der Waals surface area contributed by atoms with Crippen molar-refractivity contribution < 1.29 is 14.3 Å². The zero-order valence-electron chi connectivity index (χ0n) is 26.1. The van der Waals surface area contributed by atoms with Gasteiger partial charge in [-0.3, -0.25) is 14.1 Å². The molecule has 2 aliphatic rings. The fourth-order valence-corrected chi connectivity index (χ4v) is 6.34. The summed E-state index contributed by atoms with van der Waals surface area (Å²) in [5.74, 6) is 1.51. The maximum Gasteiger partial charge on any atom is 0.319 e. The molecule has 1 fully saturated rings. The molecule has 3 N–H and O–H groups in total. The fourth-order valence-electron chi connectivity index (χ4n) is 6.34. The molecule has 1 aliphatic heterocycles. The van der Waals surface area contributed by atoms with E-state index in [0.29, 0.717) is 17.7 Å². The van der Waals surface area contributed by atoms with Crippen molar-refractivity contribution in [3.63, 3.8) is 0 Å². The minimum atomic E-state index is -0.319. The van der Waals surface area contributed by atoms with Gasteiger partial charge in [-0.05, 0) is 91.7 Å². The predicted molar refractivity (Wildman–Crippen MR) is 170 cm³/mol. The summed E-state index contributed by atoms with van der Waals surface area (Å²) in [6, 6.07) is 17.3. The number of aromatic nitrogens is 3. The minimum Gasteiger partial charge on any atom is -0.484 e. The molecular formula is C34H41N7O3. The largest absolute Gasteiger partial charge is 0.484 e. The van der Waals surface area contributed by atoms with Crippen molar-refractivity contribution in [2.24, 2.45) is 0 Å². The third-order valence-corrected chi connectivity index (χ3v) is 8.79. The lowest BCUT2D eigenvalue weighted by molar-refractivity contribution is 0.0963. The Morgan fingerprint density at radius 1 is 0.977 bits per heavy atom. The maximum atomic E-state index is 13.3. The molecule has 230 valence electrons. The molecule has 1 saturated heterocycles. The van der Waals surface area contributed by atoms with E-state index in [1.807, 2.05) is 42.6 Å². The highest BCUT2D eigenvalue weighted by Crippen LogP contribution is 2.39. The number of nitrogens with zero attached hydrogens (tertiary/aromatic N) is 4. The van der Waals surface area contributed by atoms with E-state index in [-0.39, 0.29) is 35.5 Å². The van der Waals surface area contributed by atoms with E-state index >= 15 is 0 Å². The van der Waals surface area contributed by atoms with Gasteiger partial charge in [-0.1, -0.05) is 45.0 Å². The third-order valence-electron chi connectivity index (χ3n) is 8.79. The summed E-state index contributed by atoms with van der Waals surface area (Å²) in [6.07, 6.45) is 5.51. The first-order chi connectivity index (χ1) is 21.1. The number of anilines is 1. The van der Waals surface area contributed by atoms with Crippen molar-refractivity contribution in [1.82, 2.24) is 30.1 Å². The number of hydrogen-bond donors (Lipinski definition) is 3. The zero-order chi connectivity index (χ0) is 31.0. The Morgan fingerprint density at radius 3 is 2.50 bits per heavy atom. The van der Waals surface area contributed by atoms with Crippen molar-refractivity contribution in [3.8, 4) is 5.75 Å². The standard InChI is InChI=1S/C34H41N7O3/c1-34(2,3)22-17-21(32(42)35-4)18-23(19-22)36-33(43)37-27-13-14-29(26-10-7-6-9-25(26)27)44-24-12-15-30-38-39-31(41(30)20-24)28-11-8-16-40(28)5/h6-7,9-10,12,15,17-20,27-29H,8,11,13-14,16H2,1-5H3,(H,35,42)(H2,36,37,43)/t27-,28-,29+/m0/s1. The van der Waals surface area contributed by atoms with Crippen molar-refractivity contribution >= 4 is 23.3 Å². The number of rotatable bonds is 6. The predicted octanol–water partition coefficient (Wildman–Crippen LogP) is 5.93. The van der Waals surface area contributed by atoms with Gasteiger partial charge < -0.3 is 20.7 Å². The second-order valence-electron chi connectivity index (χ2n) is 12.9. The molecule has 0 bridgehead atoms. The molecule has 10 heteroatoms. The lowest BCUT2D eigenvalue weighted by atomic mass is 9.85. The molecule has 3 amide bonds. The smallest absolute Gasteiger partial charge is 0.319 e. The van der Waals surface area contributed by atoms with Gasteiger partial charge in [0.2, 0.25) is 0 Å². The van der Waals surface area contributed by atoms with Crippen LogP contribution in [0, 0.1) is 0 Å². The molecule has 2 aromatic carbocycles. The summed E-state index contributed by atoms with van der Waals surface area (Å²) < 4.78 is 8.64. The van der Waals surface area contributed by atoms with Crippen molar-refractivity contribution in [2.75, 3.05) is 26.0 Å². The van der Waals surface area contributed by atoms with E-state index in [1.54, 1.807) is 13.1 Å². The van der Waals surface area contributed by atoms with E-state index in [4.69, 9.17) is 4.74 Å². The Kier molecular flexibility index (Phi) is 8.02. The summed E-state index contributed by atoms with van der Waals surface area (Å²) >= 11 is 0. The summed E-state index contributed by atoms with van der Waals surface area (Å²) in [4.78, 5) is 28.0. The molecule has 0 radical (unpaired) electrons. The van der Waals surface area contributed by atoms with E-state index in [1.165, 1.54) is 0 Å². The van der Waals surface area contributed by atoms with Gasteiger partial charge in [0.05, 0.1) is 18.3 Å². The van der Waals surface area contributed by atoms with Crippen LogP contribution in [-0.4, -0.2) is 52.1 Å². The number of likely N-dealkylation sites (tertiary alicyclic amines) is 1. The highest BCUT2D eigenvalue weighted by molar-refractivity contribution is 5.97. The first-order valence-corrected chi connectivity index (χ1v) is 15.4. The molecule has 3 atom stereocenters. The monoisotopic (exact) mass is 595 g/mol. The number of carbonyl (C=O) groups is 2. The van der Waals surface area contributed by atoms with Gasteiger partial charge in [0.1, 0.15) is 11.9 Å². The Labute approximate surface area is 258 Å². The van der Waals surface area contributed by atoms with Crippen LogP contribution in [0.15, 0.2) is 60.8 Å². The van der Waals surface area contributed by atoms with Gasteiger partial charge in [0.25, 0.3) is 5.91 Å². The topological polar surface area (TPSA) is 113 Å². The van der Waals surface area contributed by atoms with Crippen LogP contribution >= 0.6 is 0 Å². The number of hydrogen-bond acceptors (Lipinski definition) is 6.